The van der Waals surface area contributed by atoms with Crippen molar-refractivity contribution < 1.29 is 9.90 Å². The zero-order valence-corrected chi connectivity index (χ0v) is 9.97. The number of aliphatic carboxylic acids is 1. The Bertz CT molecular complexity index is 840. The van der Waals surface area contributed by atoms with Crippen LogP contribution in [0.2, 0.25) is 0 Å². The average Bonchev–Trinajstić information content (AvgIpc) is 2.76. The van der Waals surface area contributed by atoms with E-state index >= 15 is 0 Å². The monoisotopic (exact) mass is 250 g/mol. The highest BCUT2D eigenvalue weighted by Crippen LogP contribution is 2.29. The van der Waals surface area contributed by atoms with Crippen molar-refractivity contribution in [2.45, 2.75) is 6.42 Å². The number of H-pyrrole nitrogens is 1. The second-order valence-electron chi connectivity index (χ2n) is 4.41. The second kappa shape index (κ2) is 4.14. The molecule has 0 aliphatic rings. The molecule has 0 aliphatic heterocycles. The van der Waals surface area contributed by atoms with Crippen LogP contribution in [-0.2, 0) is 11.2 Å². The number of rotatable bonds is 2. The van der Waals surface area contributed by atoms with Crippen molar-refractivity contribution in [1.29, 1.82) is 5.26 Å². The van der Waals surface area contributed by atoms with E-state index in [4.69, 9.17) is 10.4 Å². The molecule has 92 valence electrons. The Labute approximate surface area is 108 Å². The Balaban J connectivity index is 2.39. The van der Waals surface area contributed by atoms with Crippen LogP contribution < -0.4 is 0 Å². The summed E-state index contributed by atoms with van der Waals surface area (Å²) in [6.07, 6.45) is -0.0267. The Hall–Kier alpha value is -2.80. The predicted octanol–water partition coefficient (Wildman–Crippen LogP) is 2.82. The molecule has 2 aromatic carbocycles. The van der Waals surface area contributed by atoms with Crippen molar-refractivity contribution in [3.05, 3.63) is 47.5 Å². The van der Waals surface area contributed by atoms with Gasteiger partial charge in [-0.2, -0.15) is 5.26 Å². The lowest BCUT2D eigenvalue weighted by atomic mass is 10.0. The summed E-state index contributed by atoms with van der Waals surface area (Å²) in [6, 6.07) is 13.0. The summed E-state index contributed by atoms with van der Waals surface area (Å²) in [7, 11) is 0. The molecule has 19 heavy (non-hydrogen) atoms. The van der Waals surface area contributed by atoms with E-state index in [0.717, 1.165) is 27.4 Å². The van der Waals surface area contributed by atoms with E-state index in [1.54, 1.807) is 12.1 Å². The van der Waals surface area contributed by atoms with Gasteiger partial charge in [0, 0.05) is 21.8 Å². The molecule has 0 amide bonds. The van der Waals surface area contributed by atoms with E-state index in [1.165, 1.54) is 0 Å². The Morgan fingerprint density at radius 1 is 1.26 bits per heavy atom. The van der Waals surface area contributed by atoms with Gasteiger partial charge in [-0.1, -0.05) is 12.1 Å². The third-order valence-corrected chi connectivity index (χ3v) is 3.18. The highest BCUT2D eigenvalue weighted by Gasteiger charge is 2.11. The van der Waals surface area contributed by atoms with Crippen LogP contribution in [0.4, 0.5) is 0 Å². The largest absolute Gasteiger partial charge is 0.481 e. The maximum absolute atomic E-state index is 10.9. The summed E-state index contributed by atoms with van der Waals surface area (Å²) in [5.74, 6) is -0.863. The third-order valence-electron chi connectivity index (χ3n) is 3.18. The summed E-state index contributed by atoms with van der Waals surface area (Å²) in [6.45, 7) is 0. The highest BCUT2D eigenvalue weighted by molar-refractivity contribution is 6.10. The average molecular weight is 250 g/mol. The van der Waals surface area contributed by atoms with Crippen LogP contribution in [0.25, 0.3) is 21.8 Å². The number of aromatic nitrogens is 1. The number of carbonyl (C=O) groups is 1. The minimum absolute atomic E-state index is 0.0267. The van der Waals surface area contributed by atoms with Crippen LogP contribution in [0, 0.1) is 11.3 Å². The summed E-state index contributed by atoms with van der Waals surface area (Å²) < 4.78 is 0. The topological polar surface area (TPSA) is 76.9 Å². The number of carboxylic acids is 1. The van der Waals surface area contributed by atoms with E-state index in [0.29, 0.717) is 5.56 Å². The molecule has 3 aromatic rings. The van der Waals surface area contributed by atoms with Gasteiger partial charge in [-0.05, 0) is 29.8 Å². The first-order valence-electron chi connectivity index (χ1n) is 5.84. The number of nitrogens with zero attached hydrogens (tertiary/aromatic N) is 1. The Kier molecular flexibility index (Phi) is 2.46. The van der Waals surface area contributed by atoms with Crippen molar-refractivity contribution in [3.63, 3.8) is 0 Å². The fourth-order valence-corrected chi connectivity index (χ4v) is 2.41. The number of aromatic amines is 1. The van der Waals surface area contributed by atoms with Crippen molar-refractivity contribution in [3.8, 4) is 6.07 Å². The van der Waals surface area contributed by atoms with E-state index in [9.17, 15) is 4.79 Å². The number of fused-ring (bicyclic) bond motifs is 3. The molecule has 0 atom stereocenters. The van der Waals surface area contributed by atoms with E-state index in [1.807, 2.05) is 24.3 Å². The lowest BCUT2D eigenvalue weighted by molar-refractivity contribution is -0.136. The van der Waals surface area contributed by atoms with Gasteiger partial charge >= 0.3 is 5.97 Å². The van der Waals surface area contributed by atoms with E-state index in [2.05, 4.69) is 11.1 Å². The number of nitriles is 1. The minimum Gasteiger partial charge on any atom is -0.481 e. The first-order chi connectivity index (χ1) is 9.19. The molecule has 1 heterocycles. The number of hydrogen-bond donors (Lipinski definition) is 2. The summed E-state index contributed by atoms with van der Waals surface area (Å²) in [4.78, 5) is 14.2. The minimum atomic E-state index is -0.863. The predicted molar refractivity (Wildman–Crippen MR) is 71.9 cm³/mol. The first-order valence-corrected chi connectivity index (χ1v) is 5.84. The SMILES string of the molecule is N#Cc1ccc2[nH]c3cccc(CC(=O)O)c3c2c1. The molecule has 0 aliphatic carbocycles. The molecule has 0 fully saturated rings. The van der Waals surface area contributed by atoms with Gasteiger partial charge in [-0.15, -0.1) is 0 Å². The molecule has 0 unspecified atom stereocenters. The highest BCUT2D eigenvalue weighted by atomic mass is 16.4. The summed E-state index contributed by atoms with van der Waals surface area (Å²) >= 11 is 0. The molecular weight excluding hydrogens is 240 g/mol. The molecule has 0 radical (unpaired) electrons. The van der Waals surface area contributed by atoms with E-state index < -0.39 is 5.97 Å². The van der Waals surface area contributed by atoms with Crippen LogP contribution in [0.3, 0.4) is 0 Å². The standard InChI is InChI=1S/C15H10N2O2/c16-8-9-4-5-12-11(6-9)15-10(7-14(18)19)2-1-3-13(15)17-12/h1-6,17H,7H2,(H,18,19). The van der Waals surface area contributed by atoms with E-state index in [-0.39, 0.29) is 6.42 Å². The van der Waals surface area contributed by atoms with Crippen LogP contribution in [-0.4, -0.2) is 16.1 Å². The molecule has 4 nitrogen and oxygen atoms in total. The quantitative estimate of drug-likeness (QED) is 0.734. The summed E-state index contributed by atoms with van der Waals surface area (Å²) in [5, 5.41) is 19.7. The molecule has 0 bridgehead atoms. The van der Waals surface area contributed by atoms with Crippen molar-refractivity contribution in [2.24, 2.45) is 0 Å². The Morgan fingerprint density at radius 2 is 2.11 bits per heavy atom. The van der Waals surface area contributed by atoms with Crippen molar-refractivity contribution in [2.75, 3.05) is 0 Å². The Morgan fingerprint density at radius 3 is 2.84 bits per heavy atom. The summed E-state index contributed by atoms with van der Waals surface area (Å²) in [5.41, 5.74) is 3.13. The lowest BCUT2D eigenvalue weighted by Crippen LogP contribution is -2.00. The van der Waals surface area contributed by atoms with Crippen molar-refractivity contribution >= 4 is 27.8 Å². The molecule has 0 saturated carbocycles. The molecule has 1 aromatic heterocycles. The van der Waals surface area contributed by atoms with Gasteiger partial charge in [0.25, 0.3) is 0 Å². The smallest absolute Gasteiger partial charge is 0.307 e. The normalized spacial score (nSPS) is 10.7. The van der Waals surface area contributed by atoms with Gasteiger partial charge < -0.3 is 10.1 Å². The maximum atomic E-state index is 10.9. The molecule has 2 N–H and O–H groups in total. The first kappa shape index (κ1) is 11.3. The van der Waals surface area contributed by atoms with Gasteiger partial charge in [-0.25, -0.2) is 0 Å². The van der Waals surface area contributed by atoms with Gasteiger partial charge in [0.05, 0.1) is 18.1 Å². The fourth-order valence-electron chi connectivity index (χ4n) is 2.41. The van der Waals surface area contributed by atoms with Crippen LogP contribution >= 0.6 is 0 Å². The molecule has 0 saturated heterocycles. The van der Waals surface area contributed by atoms with Gasteiger partial charge in [0.15, 0.2) is 0 Å². The molecular formula is C15H10N2O2. The molecule has 4 heteroatoms. The molecule has 3 rings (SSSR count). The number of hydrogen-bond acceptors (Lipinski definition) is 2. The van der Waals surface area contributed by atoms with Crippen molar-refractivity contribution in [1.82, 2.24) is 4.98 Å². The zero-order valence-electron chi connectivity index (χ0n) is 9.97. The van der Waals surface area contributed by atoms with Gasteiger partial charge in [0.2, 0.25) is 0 Å². The van der Waals surface area contributed by atoms with Crippen LogP contribution in [0.15, 0.2) is 36.4 Å². The second-order valence-corrected chi connectivity index (χ2v) is 4.41. The number of benzene rings is 2. The van der Waals surface area contributed by atoms with Crippen LogP contribution in [0.1, 0.15) is 11.1 Å². The third kappa shape index (κ3) is 1.81. The maximum Gasteiger partial charge on any atom is 0.307 e. The van der Waals surface area contributed by atoms with Gasteiger partial charge in [-0.3, -0.25) is 4.79 Å². The number of carboxylic acid groups (broad SMARTS) is 1. The van der Waals surface area contributed by atoms with Crippen LogP contribution in [0.5, 0.6) is 0 Å². The molecule has 0 spiro atoms. The zero-order chi connectivity index (χ0) is 13.4. The van der Waals surface area contributed by atoms with Gasteiger partial charge in [0.1, 0.15) is 0 Å². The lowest BCUT2D eigenvalue weighted by Gasteiger charge is -2.00. The fraction of sp³-hybridized carbons (Fsp3) is 0.0667. The number of nitrogens with one attached hydrogen (secondary N) is 1.